The number of rotatable bonds is 4. The van der Waals surface area contributed by atoms with Gasteiger partial charge in [-0.2, -0.15) is 5.26 Å². The number of hydrogen-bond donors (Lipinski definition) is 1. The Bertz CT molecular complexity index is 313. The van der Waals surface area contributed by atoms with Crippen molar-refractivity contribution in [2.45, 2.75) is 12.8 Å². The van der Waals surface area contributed by atoms with Crippen molar-refractivity contribution in [2.24, 2.45) is 0 Å². The molecule has 0 radical (unpaired) electrons. The lowest BCUT2D eigenvalue weighted by molar-refractivity contribution is 0.285. The first-order valence-corrected chi connectivity index (χ1v) is 4.55. The summed E-state index contributed by atoms with van der Waals surface area (Å²) in [6.07, 6.45) is 0. The molecule has 0 amide bonds. The van der Waals surface area contributed by atoms with Gasteiger partial charge < -0.3 is 9.84 Å². The van der Waals surface area contributed by atoms with E-state index in [4.69, 9.17) is 15.1 Å². The van der Waals surface area contributed by atoms with Gasteiger partial charge in [0.15, 0.2) is 0 Å². The first-order valence-electron chi connectivity index (χ1n) is 4.55. The molecule has 0 aromatic heterocycles. The van der Waals surface area contributed by atoms with E-state index >= 15 is 0 Å². The molecule has 0 heterocycles. The Hall–Kier alpha value is -1.53. The van der Waals surface area contributed by atoms with Crippen molar-refractivity contribution in [2.75, 3.05) is 13.2 Å². The molecule has 0 saturated carbocycles. The molecule has 1 atom stereocenters. The van der Waals surface area contributed by atoms with Crippen LogP contribution in [-0.4, -0.2) is 18.3 Å². The normalized spacial score (nSPS) is 11.8. The zero-order chi connectivity index (χ0) is 10.4. The van der Waals surface area contributed by atoms with E-state index in [0.717, 1.165) is 11.3 Å². The van der Waals surface area contributed by atoms with Crippen molar-refractivity contribution in [3.05, 3.63) is 29.8 Å². The number of aliphatic hydroxyl groups is 1. The van der Waals surface area contributed by atoms with E-state index in [1.165, 1.54) is 0 Å². The van der Waals surface area contributed by atoms with Crippen LogP contribution in [0.4, 0.5) is 0 Å². The minimum absolute atomic E-state index is 0.148. The Labute approximate surface area is 83.6 Å². The van der Waals surface area contributed by atoms with E-state index in [-0.39, 0.29) is 6.61 Å². The molecule has 0 fully saturated rings. The Morgan fingerprint density at radius 1 is 1.43 bits per heavy atom. The predicted octanol–water partition coefficient (Wildman–Crippen LogP) is 1.68. The highest BCUT2D eigenvalue weighted by molar-refractivity contribution is 5.32. The molecular formula is C11H13NO2. The summed E-state index contributed by atoms with van der Waals surface area (Å²) < 4.78 is 5.26. The summed E-state index contributed by atoms with van der Waals surface area (Å²) in [7, 11) is 0. The summed E-state index contributed by atoms with van der Waals surface area (Å²) in [6, 6.07) is 9.24. The highest BCUT2D eigenvalue weighted by Gasteiger charge is 2.08. The van der Waals surface area contributed by atoms with E-state index in [1.54, 1.807) is 24.3 Å². The molecule has 1 aromatic rings. The topological polar surface area (TPSA) is 53.2 Å². The Morgan fingerprint density at radius 2 is 2.07 bits per heavy atom. The maximum absolute atomic E-state index is 8.90. The van der Waals surface area contributed by atoms with Crippen molar-refractivity contribution < 1.29 is 9.84 Å². The van der Waals surface area contributed by atoms with Crippen molar-refractivity contribution in [1.82, 2.24) is 0 Å². The maximum atomic E-state index is 8.90. The van der Waals surface area contributed by atoms with Gasteiger partial charge in [-0.1, -0.05) is 12.1 Å². The summed E-state index contributed by atoms with van der Waals surface area (Å²) in [6.45, 7) is 2.39. The van der Waals surface area contributed by atoms with Crippen LogP contribution in [0, 0.1) is 11.3 Å². The maximum Gasteiger partial charge on any atom is 0.119 e. The molecule has 14 heavy (non-hydrogen) atoms. The van der Waals surface area contributed by atoms with E-state index in [0.29, 0.717) is 6.61 Å². The second-order valence-electron chi connectivity index (χ2n) is 2.87. The minimum Gasteiger partial charge on any atom is -0.494 e. The molecule has 0 saturated heterocycles. The molecule has 1 N–H and O–H groups in total. The van der Waals surface area contributed by atoms with Crippen LogP contribution in [0.3, 0.4) is 0 Å². The molecule has 1 rings (SSSR count). The van der Waals surface area contributed by atoms with Gasteiger partial charge >= 0.3 is 0 Å². The molecule has 0 spiro atoms. The van der Waals surface area contributed by atoms with Crippen molar-refractivity contribution in [3.63, 3.8) is 0 Å². The smallest absolute Gasteiger partial charge is 0.119 e. The molecule has 3 heteroatoms. The fourth-order valence-corrected chi connectivity index (χ4v) is 1.18. The largest absolute Gasteiger partial charge is 0.494 e. The molecular weight excluding hydrogens is 178 g/mol. The first kappa shape index (κ1) is 10.6. The minimum atomic E-state index is -0.439. The lowest BCUT2D eigenvalue weighted by Gasteiger charge is -2.07. The lowest BCUT2D eigenvalue weighted by Crippen LogP contribution is -2.01. The Kier molecular flexibility index (Phi) is 3.96. The first-order chi connectivity index (χ1) is 6.81. The van der Waals surface area contributed by atoms with Crippen molar-refractivity contribution in [3.8, 4) is 11.8 Å². The number of ether oxygens (including phenoxy) is 1. The fourth-order valence-electron chi connectivity index (χ4n) is 1.18. The number of hydrogen-bond acceptors (Lipinski definition) is 3. The predicted molar refractivity (Wildman–Crippen MR) is 53.1 cm³/mol. The van der Waals surface area contributed by atoms with Crippen LogP contribution in [0.1, 0.15) is 18.4 Å². The average Bonchev–Trinajstić information content (AvgIpc) is 2.23. The molecule has 0 aliphatic heterocycles. The quantitative estimate of drug-likeness (QED) is 0.787. The molecule has 1 unspecified atom stereocenters. The van der Waals surface area contributed by atoms with Crippen molar-refractivity contribution in [1.29, 1.82) is 5.26 Å². The van der Waals surface area contributed by atoms with Gasteiger partial charge in [0, 0.05) is 0 Å². The Morgan fingerprint density at radius 3 is 2.50 bits per heavy atom. The summed E-state index contributed by atoms with van der Waals surface area (Å²) in [5, 5.41) is 17.6. The van der Waals surface area contributed by atoms with Crippen LogP contribution in [-0.2, 0) is 0 Å². The van der Waals surface area contributed by atoms with Gasteiger partial charge in [0.25, 0.3) is 0 Å². The number of benzene rings is 1. The van der Waals surface area contributed by atoms with Gasteiger partial charge in [-0.25, -0.2) is 0 Å². The van der Waals surface area contributed by atoms with Gasteiger partial charge in [-0.15, -0.1) is 0 Å². The van der Waals surface area contributed by atoms with E-state index in [1.807, 2.05) is 13.0 Å². The van der Waals surface area contributed by atoms with Crippen LogP contribution < -0.4 is 4.74 Å². The summed E-state index contributed by atoms with van der Waals surface area (Å²) in [4.78, 5) is 0. The van der Waals surface area contributed by atoms with Gasteiger partial charge in [0.1, 0.15) is 5.75 Å². The van der Waals surface area contributed by atoms with Gasteiger partial charge in [0.05, 0.1) is 25.2 Å². The fraction of sp³-hybridized carbons (Fsp3) is 0.364. The zero-order valence-corrected chi connectivity index (χ0v) is 8.10. The number of nitriles is 1. The monoisotopic (exact) mass is 191 g/mol. The molecule has 0 aliphatic carbocycles. The SMILES string of the molecule is CCOc1ccc(C(C#N)CO)cc1. The van der Waals surface area contributed by atoms with Crippen LogP contribution >= 0.6 is 0 Å². The standard InChI is InChI=1S/C11H13NO2/c1-2-14-11-5-3-9(4-6-11)10(7-12)8-13/h3-6,10,13H,2,8H2,1H3. The average molecular weight is 191 g/mol. The number of aliphatic hydroxyl groups excluding tert-OH is 1. The van der Waals surface area contributed by atoms with E-state index in [2.05, 4.69) is 0 Å². The highest BCUT2D eigenvalue weighted by Crippen LogP contribution is 2.18. The number of nitrogens with zero attached hydrogens (tertiary/aromatic N) is 1. The van der Waals surface area contributed by atoms with Crippen LogP contribution in [0.15, 0.2) is 24.3 Å². The molecule has 3 nitrogen and oxygen atoms in total. The summed E-state index contributed by atoms with van der Waals surface area (Å²) >= 11 is 0. The van der Waals surface area contributed by atoms with Crippen LogP contribution in [0.25, 0.3) is 0 Å². The summed E-state index contributed by atoms with van der Waals surface area (Å²) in [5.74, 6) is 0.344. The highest BCUT2D eigenvalue weighted by atomic mass is 16.5. The van der Waals surface area contributed by atoms with E-state index < -0.39 is 5.92 Å². The van der Waals surface area contributed by atoms with E-state index in [9.17, 15) is 0 Å². The molecule has 0 aliphatic rings. The van der Waals surface area contributed by atoms with Crippen molar-refractivity contribution >= 4 is 0 Å². The second kappa shape index (κ2) is 5.25. The second-order valence-corrected chi connectivity index (χ2v) is 2.87. The van der Waals surface area contributed by atoms with Gasteiger partial charge in [0.2, 0.25) is 0 Å². The summed E-state index contributed by atoms with van der Waals surface area (Å²) in [5.41, 5.74) is 0.818. The van der Waals surface area contributed by atoms with Crippen LogP contribution in [0.2, 0.25) is 0 Å². The zero-order valence-electron chi connectivity index (χ0n) is 8.10. The third kappa shape index (κ3) is 2.48. The molecule has 0 bridgehead atoms. The van der Waals surface area contributed by atoms with Crippen LogP contribution in [0.5, 0.6) is 5.75 Å². The van der Waals surface area contributed by atoms with Gasteiger partial charge in [-0.3, -0.25) is 0 Å². The Balaban J connectivity index is 2.77. The molecule has 74 valence electrons. The third-order valence-electron chi connectivity index (χ3n) is 1.93. The third-order valence-corrected chi connectivity index (χ3v) is 1.93. The lowest BCUT2D eigenvalue weighted by atomic mass is 10.0. The molecule has 1 aromatic carbocycles. The van der Waals surface area contributed by atoms with Gasteiger partial charge in [-0.05, 0) is 24.6 Å².